The number of aromatic nitrogens is 1. The average Bonchev–Trinajstić information content (AvgIpc) is 3.13. The first-order valence-corrected chi connectivity index (χ1v) is 10.0. The van der Waals surface area contributed by atoms with Gasteiger partial charge in [0, 0.05) is 29.7 Å². The quantitative estimate of drug-likeness (QED) is 0.640. The van der Waals surface area contributed by atoms with Gasteiger partial charge in [-0.2, -0.15) is 0 Å². The predicted molar refractivity (Wildman–Crippen MR) is 110 cm³/mol. The van der Waals surface area contributed by atoms with Gasteiger partial charge in [0.2, 0.25) is 5.43 Å². The van der Waals surface area contributed by atoms with Crippen LogP contribution >= 0.6 is 0 Å². The van der Waals surface area contributed by atoms with Crippen molar-refractivity contribution < 1.29 is 9.18 Å². The highest BCUT2D eigenvalue weighted by molar-refractivity contribution is 5.97. The fraction of sp³-hybridized carbons (Fsp3) is 0.304. The molecule has 1 saturated carbocycles. The van der Waals surface area contributed by atoms with E-state index in [-0.39, 0.29) is 28.6 Å². The van der Waals surface area contributed by atoms with E-state index in [4.69, 9.17) is 0 Å². The van der Waals surface area contributed by atoms with Crippen molar-refractivity contribution in [2.45, 2.75) is 43.8 Å². The van der Waals surface area contributed by atoms with Crippen molar-refractivity contribution >= 4 is 16.8 Å². The SMILES string of the molecule is O=C(N[C@@H]1CC[C@@H]1NC1Cc2ccccc2C1)c1c[nH]c2c(F)cccc2c1=O. The number of benzene rings is 2. The molecule has 3 aromatic rings. The van der Waals surface area contributed by atoms with Crippen LogP contribution in [-0.4, -0.2) is 29.0 Å². The molecule has 1 amide bonds. The second kappa shape index (κ2) is 7.12. The van der Waals surface area contributed by atoms with Crippen LogP contribution in [0.25, 0.3) is 10.9 Å². The van der Waals surface area contributed by atoms with Gasteiger partial charge < -0.3 is 15.6 Å². The van der Waals surface area contributed by atoms with Gasteiger partial charge in [-0.1, -0.05) is 30.3 Å². The highest BCUT2D eigenvalue weighted by Crippen LogP contribution is 2.26. The number of hydrogen-bond acceptors (Lipinski definition) is 3. The molecule has 0 unspecified atom stereocenters. The highest BCUT2D eigenvalue weighted by Gasteiger charge is 2.35. The lowest BCUT2D eigenvalue weighted by Crippen LogP contribution is -2.59. The molecule has 1 fully saturated rings. The van der Waals surface area contributed by atoms with Gasteiger partial charge in [0.25, 0.3) is 5.91 Å². The summed E-state index contributed by atoms with van der Waals surface area (Å²) >= 11 is 0. The van der Waals surface area contributed by atoms with Crippen LogP contribution in [0.3, 0.4) is 0 Å². The van der Waals surface area contributed by atoms with E-state index in [9.17, 15) is 14.0 Å². The first-order valence-electron chi connectivity index (χ1n) is 10.0. The number of hydrogen-bond donors (Lipinski definition) is 3. The zero-order chi connectivity index (χ0) is 20.0. The van der Waals surface area contributed by atoms with Crippen LogP contribution in [0.4, 0.5) is 4.39 Å². The number of fused-ring (bicyclic) bond motifs is 2. The number of carbonyl (C=O) groups is 1. The van der Waals surface area contributed by atoms with Crippen LogP contribution in [-0.2, 0) is 12.8 Å². The fourth-order valence-electron chi connectivity index (χ4n) is 4.48. The molecule has 0 radical (unpaired) electrons. The van der Waals surface area contributed by atoms with Gasteiger partial charge in [0.15, 0.2) is 0 Å². The second-order valence-corrected chi connectivity index (χ2v) is 8.00. The number of carbonyl (C=O) groups excluding carboxylic acids is 1. The number of H-pyrrole nitrogens is 1. The zero-order valence-electron chi connectivity index (χ0n) is 15.9. The van der Waals surface area contributed by atoms with Crippen LogP contribution in [0, 0.1) is 5.82 Å². The summed E-state index contributed by atoms with van der Waals surface area (Å²) in [6.45, 7) is 0. The molecule has 29 heavy (non-hydrogen) atoms. The molecule has 2 aliphatic rings. The maximum absolute atomic E-state index is 13.8. The molecule has 0 saturated heterocycles. The number of para-hydroxylation sites is 1. The summed E-state index contributed by atoms with van der Waals surface area (Å²) in [5.74, 6) is -0.920. The Labute approximate surface area is 167 Å². The lowest BCUT2D eigenvalue weighted by atomic mass is 9.85. The Bertz CT molecular complexity index is 1130. The Kier molecular flexibility index (Phi) is 4.43. The van der Waals surface area contributed by atoms with E-state index in [0.29, 0.717) is 6.04 Å². The second-order valence-electron chi connectivity index (χ2n) is 8.00. The van der Waals surface area contributed by atoms with E-state index in [2.05, 4.69) is 39.9 Å². The Morgan fingerprint density at radius 3 is 2.41 bits per heavy atom. The van der Waals surface area contributed by atoms with Crippen molar-refractivity contribution in [3.8, 4) is 0 Å². The molecule has 3 N–H and O–H groups in total. The molecular weight excluding hydrogens is 369 g/mol. The zero-order valence-corrected chi connectivity index (χ0v) is 15.9. The van der Waals surface area contributed by atoms with Crippen LogP contribution in [0.5, 0.6) is 0 Å². The minimum atomic E-state index is -0.507. The van der Waals surface area contributed by atoms with Crippen LogP contribution in [0.15, 0.2) is 53.5 Å². The van der Waals surface area contributed by atoms with E-state index in [1.807, 2.05) is 0 Å². The summed E-state index contributed by atoms with van der Waals surface area (Å²) in [6.07, 6.45) is 5.19. The van der Waals surface area contributed by atoms with Crippen molar-refractivity contribution in [1.82, 2.24) is 15.6 Å². The van der Waals surface area contributed by atoms with E-state index in [1.165, 1.54) is 35.5 Å². The van der Waals surface area contributed by atoms with Crippen molar-refractivity contribution in [2.75, 3.05) is 0 Å². The average molecular weight is 391 g/mol. The Morgan fingerprint density at radius 2 is 1.72 bits per heavy atom. The largest absolute Gasteiger partial charge is 0.358 e. The molecular formula is C23H22FN3O2. The third kappa shape index (κ3) is 3.23. The minimum absolute atomic E-state index is 0.00572. The molecule has 0 spiro atoms. The maximum atomic E-state index is 13.8. The summed E-state index contributed by atoms with van der Waals surface area (Å²) in [5.41, 5.74) is 2.46. The molecule has 0 bridgehead atoms. The van der Waals surface area contributed by atoms with Crippen molar-refractivity contribution in [2.24, 2.45) is 0 Å². The molecule has 2 aliphatic carbocycles. The summed E-state index contributed by atoms with van der Waals surface area (Å²) in [7, 11) is 0. The van der Waals surface area contributed by atoms with Crippen LogP contribution in [0.1, 0.15) is 34.3 Å². The van der Waals surface area contributed by atoms with E-state index in [1.54, 1.807) is 0 Å². The summed E-state index contributed by atoms with van der Waals surface area (Å²) in [4.78, 5) is 28.1. The molecule has 1 heterocycles. The van der Waals surface area contributed by atoms with Gasteiger partial charge in [0.1, 0.15) is 11.4 Å². The van der Waals surface area contributed by atoms with Gasteiger partial charge in [-0.05, 0) is 48.9 Å². The summed E-state index contributed by atoms with van der Waals surface area (Å²) < 4.78 is 13.8. The van der Waals surface area contributed by atoms with Crippen LogP contribution in [0.2, 0.25) is 0 Å². The van der Waals surface area contributed by atoms with E-state index in [0.717, 1.165) is 25.7 Å². The van der Waals surface area contributed by atoms with Crippen molar-refractivity contribution in [3.63, 3.8) is 0 Å². The van der Waals surface area contributed by atoms with E-state index >= 15 is 0 Å². The molecule has 2 atom stereocenters. The van der Waals surface area contributed by atoms with Crippen molar-refractivity contribution in [3.05, 3.63) is 81.4 Å². The molecule has 5 nitrogen and oxygen atoms in total. The molecule has 1 aromatic heterocycles. The smallest absolute Gasteiger partial charge is 0.257 e. The lowest BCUT2D eigenvalue weighted by Gasteiger charge is -2.39. The standard InChI is InChI=1S/C23H22FN3O2/c24-18-7-3-6-16-21(18)25-12-17(22(16)28)23(29)27-20-9-8-19(20)26-15-10-13-4-1-2-5-14(13)11-15/h1-7,12,15,19-20,26H,8-11H2,(H,25,28)(H,27,29)/t19-,20+/m0/s1. The molecule has 148 valence electrons. The predicted octanol–water partition coefficient (Wildman–Crippen LogP) is 2.68. The number of rotatable bonds is 4. The highest BCUT2D eigenvalue weighted by atomic mass is 19.1. The van der Waals surface area contributed by atoms with Gasteiger partial charge >= 0.3 is 0 Å². The minimum Gasteiger partial charge on any atom is -0.358 e. The summed E-state index contributed by atoms with van der Waals surface area (Å²) in [5, 5.41) is 6.84. The Balaban J connectivity index is 1.26. The Morgan fingerprint density at radius 1 is 1.00 bits per heavy atom. The first-order chi connectivity index (χ1) is 14.1. The normalized spacial score (nSPS) is 21.0. The van der Waals surface area contributed by atoms with Gasteiger partial charge in [-0.25, -0.2) is 4.39 Å². The third-order valence-electron chi connectivity index (χ3n) is 6.20. The number of aromatic amines is 1. The fourth-order valence-corrected chi connectivity index (χ4v) is 4.48. The first kappa shape index (κ1) is 18.1. The maximum Gasteiger partial charge on any atom is 0.257 e. The monoisotopic (exact) mass is 391 g/mol. The molecule has 5 rings (SSSR count). The van der Waals surface area contributed by atoms with Gasteiger partial charge in [-0.3, -0.25) is 9.59 Å². The molecule has 6 heteroatoms. The van der Waals surface area contributed by atoms with Gasteiger partial charge in [0.05, 0.1) is 5.52 Å². The lowest BCUT2D eigenvalue weighted by molar-refractivity contribution is 0.0888. The number of amides is 1. The third-order valence-corrected chi connectivity index (χ3v) is 6.20. The molecule has 0 aliphatic heterocycles. The van der Waals surface area contributed by atoms with Crippen molar-refractivity contribution in [1.29, 1.82) is 0 Å². The van der Waals surface area contributed by atoms with E-state index < -0.39 is 17.2 Å². The number of nitrogens with one attached hydrogen (secondary N) is 3. The van der Waals surface area contributed by atoms with Gasteiger partial charge in [-0.15, -0.1) is 0 Å². The molecule has 2 aromatic carbocycles. The number of pyridine rings is 1. The topological polar surface area (TPSA) is 74.0 Å². The number of halogens is 1. The Hall–Kier alpha value is -2.99. The summed E-state index contributed by atoms with van der Waals surface area (Å²) in [6, 6.07) is 13.3. The van der Waals surface area contributed by atoms with Crippen LogP contribution < -0.4 is 16.1 Å².